The first-order valence-electron chi connectivity index (χ1n) is 7.68. The molecule has 1 N–H and O–H groups in total. The van der Waals surface area contributed by atoms with Crippen LogP contribution in [0, 0.1) is 20.8 Å². The van der Waals surface area contributed by atoms with Crippen molar-refractivity contribution in [1.82, 2.24) is 9.88 Å². The number of furan rings is 1. The molecular weight excluding hydrogens is 405 g/mol. The highest BCUT2D eigenvalue weighted by Crippen LogP contribution is 2.40. The van der Waals surface area contributed by atoms with E-state index in [1.54, 1.807) is 32.9 Å². The van der Waals surface area contributed by atoms with Crippen molar-refractivity contribution < 1.29 is 30.5 Å². The van der Waals surface area contributed by atoms with E-state index in [0.29, 0.717) is 27.3 Å². The maximum absolute atomic E-state index is 12.8. The van der Waals surface area contributed by atoms with Crippen LogP contribution < -0.4 is 4.72 Å². The molecule has 3 heterocycles. The number of nitrogens with zero attached hydrogens (tertiary/aromatic N) is 1. The van der Waals surface area contributed by atoms with Crippen LogP contribution in [-0.4, -0.2) is 13.6 Å². The van der Waals surface area contributed by atoms with E-state index in [4.69, 9.17) is 4.42 Å². The summed E-state index contributed by atoms with van der Waals surface area (Å²) in [6.07, 6.45) is -4.71. The Balaban J connectivity index is 1.99. The van der Waals surface area contributed by atoms with E-state index in [-0.39, 0.29) is 22.7 Å². The molecular formula is C16H15F3N2O4S2. The number of hydrogen-bond acceptors (Lipinski definition) is 6. The molecule has 0 amide bonds. The van der Waals surface area contributed by atoms with Crippen LogP contribution in [0.1, 0.15) is 27.0 Å². The first kappa shape index (κ1) is 19.6. The fourth-order valence-corrected chi connectivity index (χ4v) is 5.49. The third kappa shape index (κ3) is 3.94. The van der Waals surface area contributed by atoms with Gasteiger partial charge in [-0.3, -0.25) is 0 Å². The fourth-order valence-electron chi connectivity index (χ4n) is 2.63. The molecule has 0 saturated heterocycles. The van der Waals surface area contributed by atoms with Crippen molar-refractivity contribution in [2.24, 2.45) is 0 Å². The summed E-state index contributed by atoms with van der Waals surface area (Å²) in [5.41, 5.74) is -0.0849. The third-order valence-electron chi connectivity index (χ3n) is 3.75. The van der Waals surface area contributed by atoms with Gasteiger partial charge in [-0.15, -0.1) is 11.3 Å². The summed E-state index contributed by atoms with van der Waals surface area (Å²) in [4.78, 5) is 0.834. The summed E-state index contributed by atoms with van der Waals surface area (Å²) in [7, 11) is -4.03. The van der Waals surface area contributed by atoms with Crippen molar-refractivity contribution in [2.75, 3.05) is 0 Å². The highest BCUT2D eigenvalue weighted by Gasteiger charge is 2.37. The highest BCUT2D eigenvalue weighted by atomic mass is 32.2. The number of rotatable bonds is 5. The second kappa shape index (κ2) is 6.80. The Morgan fingerprint density at radius 1 is 1.19 bits per heavy atom. The average molecular weight is 420 g/mol. The van der Waals surface area contributed by atoms with Crippen LogP contribution in [-0.2, 0) is 22.7 Å². The molecule has 0 bridgehead atoms. The molecule has 27 heavy (non-hydrogen) atoms. The summed E-state index contributed by atoms with van der Waals surface area (Å²) >= 11 is 1.15. The summed E-state index contributed by atoms with van der Waals surface area (Å²) in [6.45, 7) is 4.84. The van der Waals surface area contributed by atoms with Crippen LogP contribution in [0.4, 0.5) is 13.2 Å². The summed E-state index contributed by atoms with van der Waals surface area (Å²) in [5.74, 6) is -0.235. The van der Waals surface area contributed by atoms with Gasteiger partial charge in [0.1, 0.15) is 22.1 Å². The Labute approximate surface area is 157 Å². The minimum Gasteiger partial charge on any atom is -0.465 e. The van der Waals surface area contributed by atoms with E-state index in [9.17, 15) is 21.6 Å². The van der Waals surface area contributed by atoms with Crippen LogP contribution in [0.15, 0.2) is 32.0 Å². The number of nitrogens with one attached hydrogen (secondary N) is 1. The lowest BCUT2D eigenvalue weighted by Crippen LogP contribution is -2.23. The van der Waals surface area contributed by atoms with Gasteiger partial charge in [-0.1, -0.05) is 5.16 Å². The number of aromatic nitrogens is 1. The van der Waals surface area contributed by atoms with Crippen molar-refractivity contribution in [3.63, 3.8) is 0 Å². The van der Waals surface area contributed by atoms with E-state index >= 15 is 0 Å². The molecule has 0 aromatic carbocycles. The maximum atomic E-state index is 12.8. The van der Waals surface area contributed by atoms with Crippen molar-refractivity contribution in [3.05, 3.63) is 45.2 Å². The quantitative estimate of drug-likeness (QED) is 0.661. The maximum Gasteiger partial charge on any atom is 0.452 e. The van der Waals surface area contributed by atoms with E-state index in [1.165, 1.54) is 0 Å². The van der Waals surface area contributed by atoms with Crippen molar-refractivity contribution in [3.8, 4) is 11.3 Å². The zero-order valence-corrected chi connectivity index (χ0v) is 16.1. The molecule has 11 heteroatoms. The third-order valence-corrected chi connectivity index (χ3v) is 6.47. The molecule has 0 unspecified atom stereocenters. The van der Waals surface area contributed by atoms with E-state index in [0.717, 1.165) is 11.3 Å². The average Bonchev–Trinajstić information content (AvgIpc) is 3.23. The molecule has 0 saturated carbocycles. The number of sulfonamides is 1. The lowest BCUT2D eigenvalue weighted by Gasteiger charge is -2.07. The SMILES string of the molecule is Cc1ccc(CNS(=O)(=O)c2c(C)sc(C)c2-c2cc(C(F)(F)F)on2)o1. The molecule has 0 aliphatic rings. The largest absolute Gasteiger partial charge is 0.465 e. The first-order valence-corrected chi connectivity index (χ1v) is 9.98. The van der Waals surface area contributed by atoms with Crippen LogP contribution in [0.3, 0.4) is 0 Å². The second-order valence-corrected chi connectivity index (χ2v) is 8.96. The summed E-state index contributed by atoms with van der Waals surface area (Å²) in [6, 6.07) is 4.03. The van der Waals surface area contributed by atoms with Crippen molar-refractivity contribution in [2.45, 2.75) is 38.4 Å². The van der Waals surface area contributed by atoms with Gasteiger partial charge in [0.25, 0.3) is 0 Å². The van der Waals surface area contributed by atoms with Crippen LogP contribution in [0.2, 0.25) is 0 Å². The van der Waals surface area contributed by atoms with E-state index in [1.807, 2.05) is 0 Å². The minimum absolute atomic E-state index is 0.0867. The van der Waals surface area contributed by atoms with Crippen LogP contribution in [0.5, 0.6) is 0 Å². The van der Waals surface area contributed by atoms with Gasteiger partial charge in [0, 0.05) is 21.4 Å². The predicted molar refractivity (Wildman–Crippen MR) is 91.8 cm³/mol. The molecule has 0 radical (unpaired) electrons. The van der Waals surface area contributed by atoms with Gasteiger partial charge in [-0.2, -0.15) is 13.2 Å². The molecule has 0 spiro atoms. The van der Waals surface area contributed by atoms with Gasteiger partial charge >= 0.3 is 6.18 Å². The Morgan fingerprint density at radius 2 is 1.89 bits per heavy atom. The highest BCUT2D eigenvalue weighted by molar-refractivity contribution is 7.89. The molecule has 6 nitrogen and oxygen atoms in total. The first-order chi connectivity index (χ1) is 12.5. The van der Waals surface area contributed by atoms with Gasteiger partial charge in [-0.25, -0.2) is 13.1 Å². The summed E-state index contributed by atoms with van der Waals surface area (Å²) in [5, 5.41) is 3.42. The Hall–Kier alpha value is -2.11. The van der Waals surface area contributed by atoms with Crippen LogP contribution in [0.25, 0.3) is 11.3 Å². The van der Waals surface area contributed by atoms with Gasteiger partial charge in [-0.05, 0) is 32.9 Å². The zero-order chi connectivity index (χ0) is 20.0. The lowest BCUT2D eigenvalue weighted by atomic mass is 10.1. The van der Waals surface area contributed by atoms with Crippen molar-refractivity contribution >= 4 is 21.4 Å². The lowest BCUT2D eigenvalue weighted by molar-refractivity contribution is -0.155. The van der Waals surface area contributed by atoms with Crippen LogP contribution >= 0.6 is 11.3 Å². The van der Waals surface area contributed by atoms with Gasteiger partial charge in [0.15, 0.2) is 0 Å². The fraction of sp³-hybridized carbons (Fsp3) is 0.312. The standard InChI is InChI=1S/C16H15F3N2O4S2/c1-8-4-5-11(24-8)7-20-27(22,23)15-10(3)26-9(2)14(15)12-6-13(25-21-12)16(17,18)19/h4-6,20H,7H2,1-3H3. The Bertz CT molecular complexity index is 1080. The number of hydrogen-bond donors (Lipinski definition) is 1. The molecule has 0 aliphatic carbocycles. The Kier molecular flexibility index (Phi) is 4.95. The molecule has 0 fully saturated rings. The number of halogens is 3. The molecule has 3 aromatic heterocycles. The molecule has 146 valence electrons. The minimum atomic E-state index is -4.71. The molecule has 0 atom stereocenters. The normalized spacial score (nSPS) is 12.7. The summed E-state index contributed by atoms with van der Waals surface area (Å²) < 4.78 is 76.1. The van der Waals surface area contributed by atoms with Crippen molar-refractivity contribution in [1.29, 1.82) is 0 Å². The monoisotopic (exact) mass is 420 g/mol. The zero-order valence-electron chi connectivity index (χ0n) is 14.5. The molecule has 3 rings (SSSR count). The Morgan fingerprint density at radius 3 is 2.44 bits per heavy atom. The van der Waals surface area contributed by atoms with E-state index in [2.05, 4.69) is 14.4 Å². The predicted octanol–water partition coefficient (Wildman–Crippen LogP) is 4.42. The van der Waals surface area contributed by atoms with E-state index < -0.39 is 22.0 Å². The molecule has 0 aliphatic heterocycles. The second-order valence-electron chi connectivity index (χ2n) is 5.83. The van der Waals surface area contributed by atoms with Gasteiger partial charge in [0.05, 0.1) is 6.54 Å². The number of aryl methyl sites for hydroxylation is 3. The number of thiophene rings is 1. The molecule has 3 aromatic rings. The topological polar surface area (TPSA) is 85.3 Å². The van der Waals surface area contributed by atoms with Gasteiger partial charge in [0.2, 0.25) is 15.8 Å². The number of alkyl halides is 3. The van der Waals surface area contributed by atoms with Gasteiger partial charge < -0.3 is 8.94 Å². The smallest absolute Gasteiger partial charge is 0.452 e.